The number of benzene rings is 2. The van der Waals surface area contributed by atoms with Crippen LogP contribution in [0.15, 0.2) is 72.4 Å². The lowest BCUT2D eigenvalue weighted by molar-refractivity contribution is -0.115. The summed E-state index contributed by atoms with van der Waals surface area (Å²) in [5.74, 6) is -0.394. The summed E-state index contributed by atoms with van der Waals surface area (Å²) in [7, 11) is 1.96. The van der Waals surface area contributed by atoms with Crippen molar-refractivity contribution in [1.82, 2.24) is 5.01 Å². The zero-order valence-corrected chi connectivity index (χ0v) is 11.8. The zero-order chi connectivity index (χ0) is 14.8. The van der Waals surface area contributed by atoms with Crippen molar-refractivity contribution in [3.8, 4) is 0 Å². The summed E-state index contributed by atoms with van der Waals surface area (Å²) in [5.41, 5.74) is 8.20. The quantitative estimate of drug-likeness (QED) is 0.939. The van der Waals surface area contributed by atoms with Crippen molar-refractivity contribution in [2.45, 2.75) is 6.04 Å². The maximum absolute atomic E-state index is 11.8. The van der Waals surface area contributed by atoms with E-state index in [1.807, 2.05) is 83.9 Å². The highest BCUT2D eigenvalue weighted by Gasteiger charge is 2.34. The van der Waals surface area contributed by atoms with Crippen molar-refractivity contribution < 1.29 is 4.79 Å². The van der Waals surface area contributed by atoms with E-state index in [0.29, 0.717) is 5.57 Å². The lowest BCUT2D eigenvalue weighted by Gasteiger charge is -2.30. The number of carbonyl (C=O) groups is 1. The van der Waals surface area contributed by atoms with Gasteiger partial charge in [0.2, 0.25) is 5.91 Å². The third-order valence-electron chi connectivity index (χ3n) is 3.69. The summed E-state index contributed by atoms with van der Waals surface area (Å²) in [6.45, 7) is 0. The Morgan fingerprint density at radius 2 is 1.57 bits per heavy atom. The van der Waals surface area contributed by atoms with Gasteiger partial charge in [-0.25, -0.2) is 5.01 Å². The van der Waals surface area contributed by atoms with Gasteiger partial charge in [0.1, 0.15) is 0 Å². The van der Waals surface area contributed by atoms with Gasteiger partial charge in [-0.05, 0) is 17.7 Å². The fraction of sp³-hybridized carbons (Fsp3) is 0.118. The van der Waals surface area contributed by atoms with E-state index < -0.39 is 5.91 Å². The van der Waals surface area contributed by atoms with E-state index >= 15 is 0 Å². The van der Waals surface area contributed by atoms with Gasteiger partial charge < -0.3 is 5.73 Å². The Bertz CT molecular complexity index is 667. The van der Waals surface area contributed by atoms with Gasteiger partial charge in [-0.3, -0.25) is 9.80 Å². The number of primary amides is 1. The third-order valence-corrected chi connectivity index (χ3v) is 3.69. The van der Waals surface area contributed by atoms with Crippen molar-refractivity contribution in [3.63, 3.8) is 0 Å². The van der Waals surface area contributed by atoms with Crippen molar-refractivity contribution >= 4 is 11.6 Å². The molecule has 2 N–H and O–H groups in total. The highest BCUT2D eigenvalue weighted by atomic mass is 16.1. The summed E-state index contributed by atoms with van der Waals surface area (Å²) in [4.78, 5) is 11.8. The predicted molar refractivity (Wildman–Crippen MR) is 83.1 cm³/mol. The Hall–Kier alpha value is -2.59. The minimum absolute atomic E-state index is 0.163. The highest BCUT2D eigenvalue weighted by molar-refractivity contribution is 5.94. The lowest BCUT2D eigenvalue weighted by atomic mass is 10.00. The van der Waals surface area contributed by atoms with Crippen molar-refractivity contribution in [2.24, 2.45) is 5.73 Å². The number of rotatable bonds is 3. The molecule has 1 amide bonds. The predicted octanol–water partition coefficient (Wildman–Crippen LogP) is 2.46. The highest BCUT2D eigenvalue weighted by Crippen LogP contribution is 2.36. The van der Waals surface area contributed by atoms with Gasteiger partial charge in [0.25, 0.3) is 0 Å². The number of carbonyl (C=O) groups excluding carboxylic acids is 1. The fourth-order valence-corrected chi connectivity index (χ4v) is 2.69. The van der Waals surface area contributed by atoms with Crippen molar-refractivity contribution in [2.75, 3.05) is 12.1 Å². The molecule has 106 valence electrons. The Kier molecular flexibility index (Phi) is 3.46. The van der Waals surface area contributed by atoms with Crippen molar-refractivity contribution in [3.05, 3.63) is 78.0 Å². The standard InChI is InChI=1S/C17H17N3O/c1-19-16(13-8-4-2-5-9-13)15(17(18)21)12-20(19)14-10-6-3-7-11-14/h2-12,16H,1H3,(H2,18,21). The van der Waals surface area contributed by atoms with Crippen LogP contribution >= 0.6 is 0 Å². The first-order chi connectivity index (χ1) is 10.2. The molecule has 2 aromatic carbocycles. The maximum atomic E-state index is 11.8. The van der Waals surface area contributed by atoms with E-state index in [1.165, 1.54) is 0 Å². The first-order valence-corrected chi connectivity index (χ1v) is 6.82. The summed E-state index contributed by atoms with van der Waals surface area (Å²) in [6.07, 6.45) is 1.81. The second kappa shape index (κ2) is 5.42. The molecule has 1 unspecified atom stereocenters. The van der Waals surface area contributed by atoms with Crippen LogP contribution < -0.4 is 10.7 Å². The van der Waals surface area contributed by atoms with Gasteiger partial charge in [0.15, 0.2) is 0 Å². The van der Waals surface area contributed by atoms with Crippen LogP contribution in [-0.2, 0) is 4.79 Å². The number of para-hydroxylation sites is 1. The summed E-state index contributed by atoms with van der Waals surface area (Å²) in [5, 5.41) is 3.97. The van der Waals surface area contributed by atoms with E-state index in [2.05, 4.69) is 0 Å². The van der Waals surface area contributed by atoms with Gasteiger partial charge in [-0.1, -0.05) is 48.5 Å². The number of nitrogens with two attached hydrogens (primary N) is 1. The van der Waals surface area contributed by atoms with Crippen molar-refractivity contribution in [1.29, 1.82) is 0 Å². The van der Waals surface area contributed by atoms with Crippen LogP contribution in [0.3, 0.4) is 0 Å². The average Bonchev–Trinajstić information content (AvgIpc) is 2.87. The first kappa shape index (κ1) is 13.4. The largest absolute Gasteiger partial charge is 0.366 e. The van der Waals surface area contributed by atoms with Crippen LogP contribution in [0, 0.1) is 0 Å². The summed E-state index contributed by atoms with van der Waals surface area (Å²) >= 11 is 0. The van der Waals surface area contributed by atoms with Crippen LogP contribution in [-0.4, -0.2) is 18.0 Å². The molecule has 1 atom stereocenters. The smallest absolute Gasteiger partial charge is 0.248 e. The topological polar surface area (TPSA) is 49.6 Å². The van der Waals surface area contributed by atoms with E-state index in [4.69, 9.17) is 5.73 Å². The molecule has 0 aromatic heterocycles. The molecular weight excluding hydrogens is 262 g/mol. The van der Waals surface area contributed by atoms with Gasteiger partial charge in [0.05, 0.1) is 17.3 Å². The molecule has 0 saturated carbocycles. The van der Waals surface area contributed by atoms with E-state index in [0.717, 1.165) is 11.3 Å². The second-order valence-corrected chi connectivity index (χ2v) is 5.02. The molecule has 4 nitrogen and oxygen atoms in total. The minimum Gasteiger partial charge on any atom is -0.366 e. The number of nitrogens with zero attached hydrogens (tertiary/aromatic N) is 2. The Labute approximate surface area is 124 Å². The van der Waals surface area contributed by atoms with Gasteiger partial charge in [0, 0.05) is 13.2 Å². The molecule has 0 aliphatic carbocycles. The number of hydrazine groups is 1. The third kappa shape index (κ3) is 2.41. The Morgan fingerprint density at radius 3 is 2.14 bits per heavy atom. The molecule has 0 bridgehead atoms. The molecule has 21 heavy (non-hydrogen) atoms. The van der Waals surface area contributed by atoms with Gasteiger partial charge >= 0.3 is 0 Å². The lowest BCUT2D eigenvalue weighted by Crippen LogP contribution is -2.34. The van der Waals surface area contributed by atoms with Crippen LogP contribution in [0.2, 0.25) is 0 Å². The molecule has 1 aliphatic rings. The Morgan fingerprint density at radius 1 is 1.00 bits per heavy atom. The molecule has 3 rings (SSSR count). The monoisotopic (exact) mass is 279 g/mol. The van der Waals surface area contributed by atoms with E-state index in [1.54, 1.807) is 0 Å². The van der Waals surface area contributed by atoms with Crippen LogP contribution in [0.4, 0.5) is 5.69 Å². The minimum atomic E-state index is -0.394. The molecule has 0 radical (unpaired) electrons. The molecule has 1 heterocycles. The molecule has 1 aliphatic heterocycles. The summed E-state index contributed by atoms with van der Waals surface area (Å²) < 4.78 is 0. The summed E-state index contributed by atoms with van der Waals surface area (Å²) in [6, 6.07) is 19.6. The maximum Gasteiger partial charge on any atom is 0.248 e. The number of hydrogen-bond acceptors (Lipinski definition) is 3. The molecule has 4 heteroatoms. The molecular formula is C17H17N3O. The number of anilines is 1. The van der Waals surface area contributed by atoms with Crippen LogP contribution in [0.25, 0.3) is 0 Å². The zero-order valence-electron chi connectivity index (χ0n) is 11.8. The van der Waals surface area contributed by atoms with Crippen LogP contribution in [0.5, 0.6) is 0 Å². The van der Waals surface area contributed by atoms with E-state index in [-0.39, 0.29) is 6.04 Å². The Balaban J connectivity index is 2.03. The fourth-order valence-electron chi connectivity index (χ4n) is 2.69. The van der Waals surface area contributed by atoms with Crippen LogP contribution in [0.1, 0.15) is 11.6 Å². The average molecular weight is 279 g/mol. The molecule has 0 saturated heterocycles. The van der Waals surface area contributed by atoms with E-state index in [9.17, 15) is 4.79 Å². The number of likely N-dealkylation sites (N-methyl/N-ethyl adjacent to an activating group) is 1. The first-order valence-electron chi connectivity index (χ1n) is 6.82. The SMILES string of the molecule is CN1C(c2ccccc2)C(C(N)=O)=CN1c1ccccc1. The normalized spacial score (nSPS) is 18.6. The van der Waals surface area contributed by atoms with Gasteiger partial charge in [-0.15, -0.1) is 0 Å². The number of amides is 1. The molecule has 0 spiro atoms. The van der Waals surface area contributed by atoms with Gasteiger partial charge in [-0.2, -0.15) is 0 Å². The number of hydrogen-bond donors (Lipinski definition) is 1. The molecule has 2 aromatic rings. The molecule has 0 fully saturated rings. The second-order valence-electron chi connectivity index (χ2n) is 5.02.